The first-order valence-corrected chi connectivity index (χ1v) is 7.91. The van der Waals surface area contributed by atoms with Gasteiger partial charge < -0.3 is 9.47 Å². The lowest BCUT2D eigenvalue weighted by molar-refractivity contribution is 0.0165. The lowest BCUT2D eigenvalue weighted by Gasteiger charge is -2.35. The van der Waals surface area contributed by atoms with Crippen LogP contribution >= 0.6 is 11.8 Å². The summed E-state index contributed by atoms with van der Waals surface area (Å²) in [5.41, 5.74) is 3.64. The summed E-state index contributed by atoms with van der Waals surface area (Å²) in [7, 11) is 0. The molecule has 5 aliphatic rings. The van der Waals surface area contributed by atoms with Crippen molar-refractivity contribution in [1.29, 1.82) is 0 Å². The Morgan fingerprint density at radius 3 is 2.00 bits per heavy atom. The van der Waals surface area contributed by atoms with Crippen LogP contribution in [0.3, 0.4) is 0 Å². The van der Waals surface area contributed by atoms with Crippen molar-refractivity contribution < 1.29 is 9.47 Å². The Bertz CT molecular complexity index is 512. The Morgan fingerprint density at radius 2 is 1.44 bits per heavy atom. The first-order valence-electron chi connectivity index (χ1n) is 6.97. The molecule has 2 nitrogen and oxygen atoms in total. The largest absolute Gasteiger partial charge is 0.359 e. The summed E-state index contributed by atoms with van der Waals surface area (Å²) in [6.07, 6.45) is 2.06. The van der Waals surface area contributed by atoms with Crippen LogP contribution in [0.25, 0.3) is 0 Å². The van der Waals surface area contributed by atoms with E-state index in [-0.39, 0.29) is 0 Å². The average molecular weight is 258 g/mol. The normalized spacial score (nSPS) is 57.1. The fourth-order valence-electron chi connectivity index (χ4n) is 5.30. The van der Waals surface area contributed by atoms with Gasteiger partial charge in [-0.2, -0.15) is 0 Å². The Morgan fingerprint density at radius 1 is 0.889 bits per heavy atom. The first-order chi connectivity index (χ1) is 8.92. The average Bonchev–Trinajstić information content (AvgIpc) is 3.04. The third-order valence-electron chi connectivity index (χ3n) is 5.81. The molecule has 6 rings (SSSR count). The molecular formula is C15H14O2S. The number of hydrogen-bond acceptors (Lipinski definition) is 3. The molecule has 1 aromatic carbocycles. The summed E-state index contributed by atoms with van der Waals surface area (Å²) in [4.78, 5) is 0. The maximum Gasteiger partial charge on any atom is 0.109 e. The molecule has 1 aromatic rings. The molecule has 3 heteroatoms. The lowest BCUT2D eigenvalue weighted by atomic mass is 9.72. The topological polar surface area (TPSA) is 18.5 Å². The van der Waals surface area contributed by atoms with Gasteiger partial charge in [-0.05, 0) is 17.5 Å². The highest BCUT2D eigenvalue weighted by Crippen LogP contribution is 2.73. The van der Waals surface area contributed by atoms with Gasteiger partial charge >= 0.3 is 0 Å². The van der Waals surface area contributed by atoms with E-state index in [0.29, 0.717) is 23.1 Å². The van der Waals surface area contributed by atoms with Gasteiger partial charge in [-0.3, -0.25) is 0 Å². The molecule has 8 atom stereocenters. The van der Waals surface area contributed by atoms with Crippen molar-refractivity contribution in [1.82, 2.24) is 0 Å². The van der Waals surface area contributed by atoms with Crippen LogP contribution in [0.5, 0.6) is 0 Å². The van der Waals surface area contributed by atoms with Crippen molar-refractivity contribution in [3.05, 3.63) is 35.4 Å². The predicted molar refractivity (Wildman–Crippen MR) is 67.8 cm³/mol. The molecule has 0 unspecified atom stereocenters. The Labute approximate surface area is 110 Å². The summed E-state index contributed by atoms with van der Waals surface area (Å²) >= 11 is 1.97. The van der Waals surface area contributed by atoms with Crippen LogP contribution in [0.2, 0.25) is 0 Å². The Balaban J connectivity index is 1.68. The molecule has 18 heavy (non-hydrogen) atoms. The van der Waals surface area contributed by atoms with E-state index in [1.54, 1.807) is 0 Å². The van der Waals surface area contributed by atoms with Crippen molar-refractivity contribution in [2.45, 2.75) is 29.5 Å². The number of thioether (sulfide) groups is 1. The zero-order valence-electron chi connectivity index (χ0n) is 9.86. The highest BCUT2D eigenvalue weighted by atomic mass is 32.2. The van der Waals surface area contributed by atoms with Crippen molar-refractivity contribution >= 4 is 11.8 Å². The highest BCUT2D eigenvalue weighted by Gasteiger charge is 2.69. The molecule has 2 bridgehead atoms. The van der Waals surface area contributed by atoms with Gasteiger partial charge in [-0.25, -0.2) is 0 Å². The van der Waals surface area contributed by atoms with Gasteiger partial charge in [0.2, 0.25) is 0 Å². The number of hydrogen-bond donors (Lipinski definition) is 0. The lowest BCUT2D eigenvalue weighted by Crippen LogP contribution is -2.29. The summed E-state index contributed by atoms with van der Waals surface area (Å²) < 4.78 is 12.8. The molecule has 2 aliphatic carbocycles. The molecule has 3 heterocycles. The monoisotopic (exact) mass is 258 g/mol. The van der Waals surface area contributed by atoms with Gasteiger partial charge in [0.1, 0.15) is 10.9 Å². The zero-order valence-corrected chi connectivity index (χ0v) is 10.7. The van der Waals surface area contributed by atoms with Crippen LogP contribution in [0, 0.1) is 23.7 Å². The smallest absolute Gasteiger partial charge is 0.109 e. The maximum absolute atomic E-state index is 6.39. The van der Waals surface area contributed by atoms with Crippen LogP contribution in [0.4, 0.5) is 0 Å². The number of benzene rings is 1. The molecule has 92 valence electrons. The molecule has 1 saturated carbocycles. The second-order valence-electron chi connectivity index (χ2n) is 6.33. The standard InChI is InChI=1S/C15H14O2S/c1-2-4-7-6(3-1)12-10-8-5-9-11(10)13(7)17-15(9)18-14(8)16-12/h1-4,8-15H,5H2/t8-,9+,10-,11-,12+,13-,14-,15+/m1/s1. The van der Waals surface area contributed by atoms with Crippen molar-refractivity contribution in [3.8, 4) is 0 Å². The molecular weight excluding hydrogens is 244 g/mol. The van der Waals surface area contributed by atoms with Crippen molar-refractivity contribution in [3.63, 3.8) is 0 Å². The van der Waals surface area contributed by atoms with Crippen molar-refractivity contribution in [2.24, 2.45) is 23.7 Å². The molecule has 4 fully saturated rings. The minimum Gasteiger partial charge on any atom is -0.359 e. The van der Waals surface area contributed by atoms with Crippen LogP contribution in [0.15, 0.2) is 24.3 Å². The van der Waals surface area contributed by atoms with Gasteiger partial charge in [-0.1, -0.05) is 36.0 Å². The third kappa shape index (κ3) is 0.833. The molecule has 0 radical (unpaired) electrons. The summed E-state index contributed by atoms with van der Waals surface area (Å²) in [6.45, 7) is 0. The minimum atomic E-state index is 0.359. The summed E-state index contributed by atoms with van der Waals surface area (Å²) in [5, 5.41) is 0. The maximum atomic E-state index is 6.39. The van der Waals surface area contributed by atoms with E-state index in [1.807, 2.05) is 11.8 Å². The zero-order chi connectivity index (χ0) is 11.4. The number of ether oxygens (including phenoxy) is 2. The van der Waals surface area contributed by atoms with Crippen LogP contribution in [-0.2, 0) is 9.47 Å². The SMILES string of the molecule is c1ccc2c(c1)[C@H]1O[C@H]3S[C@H]4O[C@@H]2[C@@H]2[C@H]4C[C@H]3[C@H]21. The van der Waals surface area contributed by atoms with Crippen LogP contribution in [-0.4, -0.2) is 10.9 Å². The molecule has 0 spiro atoms. The summed E-state index contributed by atoms with van der Waals surface area (Å²) in [6, 6.07) is 8.81. The van der Waals surface area contributed by atoms with Gasteiger partial charge in [0.15, 0.2) is 0 Å². The van der Waals surface area contributed by atoms with Crippen LogP contribution in [0.1, 0.15) is 29.8 Å². The highest BCUT2D eigenvalue weighted by molar-refractivity contribution is 8.00. The van der Waals surface area contributed by atoms with E-state index < -0.39 is 0 Å². The molecule has 3 aliphatic heterocycles. The quantitative estimate of drug-likeness (QED) is 0.712. The van der Waals surface area contributed by atoms with E-state index in [0.717, 1.165) is 23.7 Å². The number of fused-ring (bicyclic) bond motifs is 3. The second kappa shape index (κ2) is 2.82. The fraction of sp³-hybridized carbons (Fsp3) is 0.600. The van der Waals surface area contributed by atoms with E-state index in [9.17, 15) is 0 Å². The van der Waals surface area contributed by atoms with Gasteiger partial charge in [-0.15, -0.1) is 0 Å². The Hall–Kier alpha value is -0.510. The second-order valence-corrected chi connectivity index (χ2v) is 7.53. The Kier molecular flexibility index (Phi) is 1.47. The molecule has 0 amide bonds. The number of rotatable bonds is 0. The predicted octanol–water partition coefficient (Wildman–Crippen LogP) is 3.11. The fourth-order valence-corrected chi connectivity index (χ4v) is 6.92. The van der Waals surface area contributed by atoms with E-state index in [2.05, 4.69) is 24.3 Å². The van der Waals surface area contributed by atoms with Crippen LogP contribution < -0.4 is 0 Å². The molecule has 3 saturated heterocycles. The van der Waals surface area contributed by atoms with Gasteiger partial charge in [0, 0.05) is 23.7 Å². The summed E-state index contributed by atoms with van der Waals surface area (Å²) in [5.74, 6) is 3.07. The first kappa shape index (κ1) is 9.40. The van der Waals surface area contributed by atoms with E-state index in [1.165, 1.54) is 17.5 Å². The van der Waals surface area contributed by atoms with E-state index in [4.69, 9.17) is 9.47 Å². The molecule has 0 N–H and O–H groups in total. The van der Waals surface area contributed by atoms with Gasteiger partial charge in [0.25, 0.3) is 0 Å². The van der Waals surface area contributed by atoms with E-state index >= 15 is 0 Å². The molecule has 0 aromatic heterocycles. The minimum absolute atomic E-state index is 0.359. The van der Waals surface area contributed by atoms with Crippen molar-refractivity contribution in [2.75, 3.05) is 0 Å². The third-order valence-corrected chi connectivity index (χ3v) is 7.27. The van der Waals surface area contributed by atoms with Gasteiger partial charge in [0.05, 0.1) is 12.2 Å².